The highest BCUT2D eigenvalue weighted by molar-refractivity contribution is 5.87. The van der Waals surface area contributed by atoms with Gasteiger partial charge in [0, 0.05) is 0 Å². The predicted molar refractivity (Wildman–Crippen MR) is 102 cm³/mol. The van der Waals surface area contributed by atoms with E-state index in [9.17, 15) is 0 Å². The lowest BCUT2D eigenvalue weighted by molar-refractivity contribution is 0.195. The van der Waals surface area contributed by atoms with Gasteiger partial charge in [0.1, 0.15) is 0 Å². The summed E-state index contributed by atoms with van der Waals surface area (Å²) in [7, 11) is 0. The van der Waals surface area contributed by atoms with E-state index in [-0.39, 0.29) is 0 Å². The van der Waals surface area contributed by atoms with Crippen LogP contribution in [0.3, 0.4) is 0 Å². The van der Waals surface area contributed by atoms with E-state index in [4.69, 9.17) is 0 Å². The van der Waals surface area contributed by atoms with Crippen molar-refractivity contribution in [1.82, 2.24) is 0 Å². The highest BCUT2D eigenvalue weighted by atomic mass is 14.5. The first kappa shape index (κ1) is 14.8. The summed E-state index contributed by atoms with van der Waals surface area (Å²) >= 11 is 0. The minimum absolute atomic E-state index is 0.593. The molecule has 1 spiro atoms. The molecule has 1 saturated carbocycles. The number of rotatable bonds is 2. The standard InChI is InChI=1S/C24H28/c1-16(2)10-19-4-3-5-20-12-21-15-24(9-8-18(21)13-23(19)20)14-17-6-7-22(24)11-17/h3-7,12-13,16-17,22H,8-11,14-15H2,1-2H3. The molecule has 24 heavy (non-hydrogen) atoms. The summed E-state index contributed by atoms with van der Waals surface area (Å²) in [4.78, 5) is 0. The van der Waals surface area contributed by atoms with Crippen LogP contribution in [0.2, 0.25) is 0 Å². The molecule has 1 fully saturated rings. The van der Waals surface area contributed by atoms with Crippen LogP contribution in [-0.2, 0) is 19.3 Å². The molecule has 2 aromatic carbocycles. The Morgan fingerprint density at radius 1 is 1.12 bits per heavy atom. The third-order valence-electron chi connectivity index (χ3n) is 6.98. The van der Waals surface area contributed by atoms with Gasteiger partial charge in [0.25, 0.3) is 0 Å². The number of benzene rings is 2. The Morgan fingerprint density at radius 2 is 2.04 bits per heavy atom. The maximum atomic E-state index is 2.54. The molecule has 3 aliphatic carbocycles. The molecular weight excluding hydrogens is 288 g/mol. The maximum Gasteiger partial charge on any atom is -0.0149 e. The molecule has 0 N–H and O–H groups in total. The average Bonchev–Trinajstić information content (AvgIpc) is 3.14. The maximum absolute atomic E-state index is 2.54. The van der Waals surface area contributed by atoms with Crippen molar-refractivity contribution in [3.8, 4) is 0 Å². The molecule has 0 aromatic heterocycles. The molecule has 2 aromatic rings. The van der Waals surface area contributed by atoms with Gasteiger partial charge in [0.05, 0.1) is 0 Å². The number of aryl methyl sites for hydroxylation is 1. The van der Waals surface area contributed by atoms with Crippen molar-refractivity contribution >= 4 is 10.8 Å². The van der Waals surface area contributed by atoms with Crippen molar-refractivity contribution in [2.75, 3.05) is 0 Å². The second-order valence-electron chi connectivity index (χ2n) is 9.09. The summed E-state index contributed by atoms with van der Waals surface area (Å²) in [6, 6.07) is 12.0. The molecule has 0 amide bonds. The molecule has 0 heteroatoms. The Balaban J connectivity index is 1.56. The van der Waals surface area contributed by atoms with Crippen molar-refractivity contribution in [2.24, 2.45) is 23.2 Å². The summed E-state index contributed by atoms with van der Waals surface area (Å²) in [5.41, 5.74) is 5.41. The smallest absolute Gasteiger partial charge is 0.0149 e. The zero-order valence-electron chi connectivity index (χ0n) is 15.0. The molecule has 0 heterocycles. The van der Waals surface area contributed by atoms with Crippen molar-refractivity contribution in [1.29, 1.82) is 0 Å². The number of fused-ring (bicyclic) bond motifs is 5. The fraction of sp³-hybridized carbons (Fsp3) is 0.500. The molecule has 124 valence electrons. The lowest BCUT2D eigenvalue weighted by Crippen LogP contribution is -2.32. The lowest BCUT2D eigenvalue weighted by atomic mass is 9.64. The van der Waals surface area contributed by atoms with Crippen LogP contribution >= 0.6 is 0 Å². The highest BCUT2D eigenvalue weighted by Crippen LogP contribution is 2.57. The molecule has 0 saturated heterocycles. The SMILES string of the molecule is CC(C)Cc1cccc2cc3c(cc12)CCC1(C3)CC2C=CC1C2. The largest absolute Gasteiger partial charge is 0.0851 e. The second-order valence-corrected chi connectivity index (χ2v) is 9.09. The van der Waals surface area contributed by atoms with Gasteiger partial charge in [-0.1, -0.05) is 56.3 Å². The van der Waals surface area contributed by atoms with E-state index in [0.29, 0.717) is 5.41 Å². The van der Waals surface area contributed by atoms with Crippen molar-refractivity contribution in [3.05, 3.63) is 59.2 Å². The minimum Gasteiger partial charge on any atom is -0.0851 e. The van der Waals surface area contributed by atoms with E-state index in [0.717, 1.165) is 17.8 Å². The Hall–Kier alpha value is -1.56. The topological polar surface area (TPSA) is 0 Å². The first-order valence-corrected chi connectivity index (χ1v) is 9.85. The zero-order valence-corrected chi connectivity index (χ0v) is 15.0. The van der Waals surface area contributed by atoms with Gasteiger partial charge in [-0.2, -0.15) is 0 Å². The van der Waals surface area contributed by atoms with E-state index in [1.165, 1.54) is 54.9 Å². The quantitative estimate of drug-likeness (QED) is 0.586. The molecule has 3 unspecified atom stereocenters. The molecule has 2 bridgehead atoms. The molecule has 0 aliphatic heterocycles. The monoisotopic (exact) mass is 316 g/mol. The molecule has 0 radical (unpaired) electrons. The van der Waals surface area contributed by atoms with Crippen LogP contribution in [0.25, 0.3) is 10.8 Å². The summed E-state index contributed by atoms with van der Waals surface area (Å²) in [6.07, 6.45) is 13.1. The van der Waals surface area contributed by atoms with E-state index in [1.807, 2.05) is 0 Å². The average molecular weight is 316 g/mol. The summed E-state index contributed by atoms with van der Waals surface area (Å²) in [5, 5.41) is 2.97. The molecule has 3 aliphatic rings. The Labute approximate surface area is 146 Å². The third-order valence-corrected chi connectivity index (χ3v) is 6.98. The summed E-state index contributed by atoms with van der Waals surface area (Å²) < 4.78 is 0. The molecule has 3 atom stereocenters. The van der Waals surface area contributed by atoms with Gasteiger partial charge in [0.15, 0.2) is 0 Å². The van der Waals surface area contributed by atoms with Crippen molar-refractivity contribution in [3.63, 3.8) is 0 Å². The third kappa shape index (κ3) is 2.19. The molecule has 5 rings (SSSR count). The highest BCUT2D eigenvalue weighted by Gasteiger charge is 2.49. The molecular formula is C24H28. The fourth-order valence-corrected chi connectivity index (χ4v) is 5.89. The normalized spacial score (nSPS) is 30.6. The Bertz CT molecular complexity index is 825. The van der Waals surface area contributed by atoms with Gasteiger partial charge in [-0.25, -0.2) is 0 Å². The fourth-order valence-electron chi connectivity index (χ4n) is 5.89. The van der Waals surface area contributed by atoms with Crippen LogP contribution in [0.4, 0.5) is 0 Å². The van der Waals surface area contributed by atoms with Crippen molar-refractivity contribution < 1.29 is 0 Å². The second kappa shape index (κ2) is 5.22. The zero-order chi connectivity index (χ0) is 16.3. The first-order valence-electron chi connectivity index (χ1n) is 9.85. The van der Waals surface area contributed by atoms with Crippen LogP contribution in [0, 0.1) is 23.2 Å². The van der Waals surface area contributed by atoms with Crippen LogP contribution in [-0.4, -0.2) is 0 Å². The van der Waals surface area contributed by atoms with E-state index < -0.39 is 0 Å². The lowest BCUT2D eigenvalue weighted by Gasteiger charge is -2.40. The summed E-state index contributed by atoms with van der Waals surface area (Å²) in [5.74, 6) is 2.46. The van der Waals surface area contributed by atoms with Gasteiger partial charge < -0.3 is 0 Å². The van der Waals surface area contributed by atoms with Crippen LogP contribution in [0.1, 0.15) is 49.8 Å². The van der Waals surface area contributed by atoms with Gasteiger partial charge in [-0.3, -0.25) is 0 Å². The number of hydrogen-bond acceptors (Lipinski definition) is 0. The van der Waals surface area contributed by atoms with Crippen LogP contribution < -0.4 is 0 Å². The van der Waals surface area contributed by atoms with E-state index in [2.05, 4.69) is 56.3 Å². The minimum atomic E-state index is 0.593. The van der Waals surface area contributed by atoms with Crippen molar-refractivity contribution in [2.45, 2.75) is 52.4 Å². The molecule has 0 nitrogen and oxygen atoms in total. The first-order chi connectivity index (χ1) is 11.6. The predicted octanol–water partition coefficient (Wildman–Crippen LogP) is 6.11. The van der Waals surface area contributed by atoms with Gasteiger partial charge in [0.2, 0.25) is 0 Å². The Kier molecular flexibility index (Phi) is 3.21. The van der Waals surface area contributed by atoms with E-state index in [1.54, 1.807) is 11.1 Å². The van der Waals surface area contributed by atoms with Crippen LogP contribution in [0.5, 0.6) is 0 Å². The summed E-state index contributed by atoms with van der Waals surface area (Å²) in [6.45, 7) is 4.65. The van der Waals surface area contributed by atoms with E-state index >= 15 is 0 Å². The van der Waals surface area contributed by atoms with Gasteiger partial charge in [-0.05, 0) is 89.2 Å². The Morgan fingerprint density at radius 3 is 2.79 bits per heavy atom. The van der Waals surface area contributed by atoms with Gasteiger partial charge >= 0.3 is 0 Å². The number of hydrogen-bond donors (Lipinski definition) is 0. The van der Waals surface area contributed by atoms with Crippen LogP contribution in [0.15, 0.2) is 42.5 Å². The number of allylic oxidation sites excluding steroid dienone is 2. The van der Waals surface area contributed by atoms with Gasteiger partial charge in [-0.15, -0.1) is 0 Å².